The van der Waals surface area contributed by atoms with E-state index in [-0.39, 0.29) is 0 Å². The van der Waals surface area contributed by atoms with Crippen LogP contribution < -0.4 is 10.5 Å². The molecule has 0 amide bonds. The minimum Gasteiger partial charge on any atom is -0.490 e. The molecule has 2 rings (SSSR count). The number of rotatable bonds is 4. The molecule has 1 aromatic heterocycles. The van der Waals surface area contributed by atoms with Gasteiger partial charge in [0.25, 0.3) is 0 Å². The fraction of sp³-hybridized carbons (Fsp3) is 0.167. The number of anilines is 1. The maximum atomic E-state index is 5.75. The van der Waals surface area contributed by atoms with Crippen LogP contribution in [0.2, 0.25) is 0 Å². The molecule has 0 aliphatic heterocycles. The van der Waals surface area contributed by atoms with Crippen LogP contribution in [0.5, 0.6) is 5.75 Å². The molecule has 2 aromatic rings. The zero-order valence-electron chi connectivity index (χ0n) is 8.47. The molecular formula is C12H14N2O. The highest BCUT2D eigenvalue weighted by atomic mass is 16.5. The summed E-state index contributed by atoms with van der Waals surface area (Å²) in [6.45, 7) is 1.46. The van der Waals surface area contributed by atoms with E-state index in [0.29, 0.717) is 12.3 Å². The summed E-state index contributed by atoms with van der Waals surface area (Å²) < 4.78 is 7.63. The molecule has 0 saturated carbocycles. The van der Waals surface area contributed by atoms with Crippen molar-refractivity contribution in [2.45, 2.75) is 6.54 Å². The van der Waals surface area contributed by atoms with Gasteiger partial charge < -0.3 is 15.0 Å². The van der Waals surface area contributed by atoms with Crippen molar-refractivity contribution >= 4 is 5.69 Å². The van der Waals surface area contributed by atoms with Crippen molar-refractivity contribution in [2.24, 2.45) is 0 Å². The second-order valence-corrected chi connectivity index (χ2v) is 3.31. The van der Waals surface area contributed by atoms with Crippen molar-refractivity contribution < 1.29 is 4.74 Å². The number of nitrogen functional groups attached to an aromatic ring is 1. The van der Waals surface area contributed by atoms with E-state index in [4.69, 9.17) is 10.5 Å². The number of nitrogens with two attached hydrogens (primary N) is 1. The van der Waals surface area contributed by atoms with E-state index in [0.717, 1.165) is 12.3 Å². The van der Waals surface area contributed by atoms with Gasteiger partial charge in [-0.3, -0.25) is 0 Å². The second kappa shape index (κ2) is 4.55. The number of hydrogen-bond acceptors (Lipinski definition) is 2. The molecule has 0 atom stereocenters. The van der Waals surface area contributed by atoms with Gasteiger partial charge in [0.15, 0.2) is 0 Å². The van der Waals surface area contributed by atoms with E-state index < -0.39 is 0 Å². The van der Waals surface area contributed by atoms with E-state index in [1.807, 2.05) is 48.8 Å². The van der Waals surface area contributed by atoms with Crippen molar-refractivity contribution in [1.82, 2.24) is 4.57 Å². The molecule has 3 nitrogen and oxygen atoms in total. The third-order valence-corrected chi connectivity index (χ3v) is 2.19. The van der Waals surface area contributed by atoms with Crippen molar-refractivity contribution in [3.8, 4) is 5.75 Å². The van der Waals surface area contributed by atoms with Crippen LogP contribution in [0.4, 0.5) is 5.69 Å². The van der Waals surface area contributed by atoms with Gasteiger partial charge in [-0.15, -0.1) is 0 Å². The van der Waals surface area contributed by atoms with E-state index >= 15 is 0 Å². The van der Waals surface area contributed by atoms with E-state index in [1.165, 1.54) is 0 Å². The standard InChI is InChI=1S/C12H14N2O/c13-11-5-1-2-6-12(11)15-10-9-14-7-3-4-8-14/h1-8H,9-10,13H2. The normalized spacial score (nSPS) is 10.1. The number of para-hydroxylation sites is 2. The molecule has 0 unspecified atom stereocenters. The Labute approximate surface area is 89.1 Å². The summed E-state index contributed by atoms with van der Waals surface area (Å²) in [7, 11) is 0. The van der Waals surface area contributed by atoms with Crippen molar-refractivity contribution in [3.63, 3.8) is 0 Å². The average Bonchev–Trinajstić information content (AvgIpc) is 2.74. The summed E-state index contributed by atoms with van der Waals surface area (Å²) in [5.41, 5.74) is 6.43. The largest absolute Gasteiger partial charge is 0.490 e. The first-order valence-electron chi connectivity index (χ1n) is 4.94. The zero-order chi connectivity index (χ0) is 10.5. The lowest BCUT2D eigenvalue weighted by Gasteiger charge is -2.08. The Balaban J connectivity index is 1.86. The number of aromatic nitrogens is 1. The van der Waals surface area contributed by atoms with Crippen LogP contribution in [-0.4, -0.2) is 11.2 Å². The number of benzene rings is 1. The Morgan fingerprint density at radius 3 is 2.53 bits per heavy atom. The van der Waals surface area contributed by atoms with Gasteiger partial charge in [-0.2, -0.15) is 0 Å². The van der Waals surface area contributed by atoms with Crippen LogP contribution in [0.25, 0.3) is 0 Å². The highest BCUT2D eigenvalue weighted by molar-refractivity contribution is 5.51. The summed E-state index contributed by atoms with van der Waals surface area (Å²) in [5.74, 6) is 0.754. The molecule has 0 aliphatic rings. The molecule has 1 heterocycles. The topological polar surface area (TPSA) is 40.2 Å². The lowest BCUT2D eigenvalue weighted by atomic mass is 10.3. The molecule has 1 aromatic carbocycles. The van der Waals surface area contributed by atoms with E-state index in [9.17, 15) is 0 Å². The molecule has 0 spiro atoms. The van der Waals surface area contributed by atoms with Crippen molar-refractivity contribution in [1.29, 1.82) is 0 Å². The first kappa shape index (κ1) is 9.65. The summed E-state index contributed by atoms with van der Waals surface area (Å²) in [6, 6.07) is 11.5. The van der Waals surface area contributed by atoms with Gasteiger partial charge in [0.1, 0.15) is 12.4 Å². The molecule has 0 aliphatic carbocycles. The molecule has 78 valence electrons. The third-order valence-electron chi connectivity index (χ3n) is 2.19. The van der Waals surface area contributed by atoms with Crippen molar-refractivity contribution in [2.75, 3.05) is 12.3 Å². The SMILES string of the molecule is Nc1ccccc1OCCn1cccc1. The molecule has 2 N–H and O–H groups in total. The Kier molecular flexibility index (Phi) is 2.93. The van der Waals surface area contributed by atoms with Gasteiger partial charge in [0.05, 0.1) is 12.2 Å². The summed E-state index contributed by atoms with van der Waals surface area (Å²) in [4.78, 5) is 0. The Hall–Kier alpha value is -1.90. The Morgan fingerprint density at radius 2 is 1.80 bits per heavy atom. The van der Waals surface area contributed by atoms with Gasteiger partial charge in [0, 0.05) is 12.4 Å². The van der Waals surface area contributed by atoms with Gasteiger partial charge in [-0.25, -0.2) is 0 Å². The Morgan fingerprint density at radius 1 is 1.07 bits per heavy atom. The molecule has 0 radical (unpaired) electrons. The van der Waals surface area contributed by atoms with Gasteiger partial charge in [-0.1, -0.05) is 12.1 Å². The molecule has 3 heteroatoms. The Bertz CT molecular complexity index is 409. The van der Waals surface area contributed by atoms with Crippen LogP contribution in [0.3, 0.4) is 0 Å². The number of ether oxygens (including phenoxy) is 1. The fourth-order valence-electron chi connectivity index (χ4n) is 1.39. The monoisotopic (exact) mass is 202 g/mol. The second-order valence-electron chi connectivity index (χ2n) is 3.31. The summed E-state index contributed by atoms with van der Waals surface area (Å²) >= 11 is 0. The predicted molar refractivity (Wildman–Crippen MR) is 60.8 cm³/mol. The summed E-state index contributed by atoms with van der Waals surface area (Å²) in [5, 5.41) is 0. The van der Waals surface area contributed by atoms with Gasteiger partial charge in [-0.05, 0) is 24.3 Å². The maximum Gasteiger partial charge on any atom is 0.142 e. The molecule has 0 bridgehead atoms. The minimum absolute atomic E-state index is 0.628. The van der Waals surface area contributed by atoms with Crippen LogP contribution in [0.15, 0.2) is 48.8 Å². The quantitative estimate of drug-likeness (QED) is 0.772. The first-order valence-corrected chi connectivity index (χ1v) is 4.94. The van der Waals surface area contributed by atoms with Crippen LogP contribution in [-0.2, 0) is 6.54 Å². The highest BCUT2D eigenvalue weighted by Crippen LogP contribution is 2.19. The maximum absolute atomic E-state index is 5.75. The van der Waals surface area contributed by atoms with Gasteiger partial charge in [0.2, 0.25) is 0 Å². The van der Waals surface area contributed by atoms with Crippen LogP contribution in [0, 0.1) is 0 Å². The highest BCUT2D eigenvalue weighted by Gasteiger charge is 1.97. The summed E-state index contributed by atoms with van der Waals surface area (Å²) in [6.07, 6.45) is 4.02. The smallest absolute Gasteiger partial charge is 0.142 e. The number of hydrogen-bond donors (Lipinski definition) is 1. The molecule has 15 heavy (non-hydrogen) atoms. The van der Waals surface area contributed by atoms with Gasteiger partial charge >= 0.3 is 0 Å². The zero-order valence-corrected chi connectivity index (χ0v) is 8.47. The lowest BCUT2D eigenvalue weighted by Crippen LogP contribution is -2.07. The third kappa shape index (κ3) is 2.53. The van der Waals surface area contributed by atoms with Crippen LogP contribution >= 0.6 is 0 Å². The van der Waals surface area contributed by atoms with E-state index in [2.05, 4.69) is 4.57 Å². The first-order chi connectivity index (χ1) is 7.36. The minimum atomic E-state index is 0.628. The molecule has 0 fully saturated rings. The number of nitrogens with zero attached hydrogens (tertiary/aromatic N) is 1. The van der Waals surface area contributed by atoms with E-state index in [1.54, 1.807) is 0 Å². The predicted octanol–water partition coefficient (Wildman–Crippen LogP) is 2.15. The van der Waals surface area contributed by atoms with Crippen molar-refractivity contribution in [3.05, 3.63) is 48.8 Å². The molecular weight excluding hydrogens is 188 g/mol. The average molecular weight is 202 g/mol. The molecule has 0 saturated heterocycles. The van der Waals surface area contributed by atoms with Crippen LogP contribution in [0.1, 0.15) is 0 Å². The fourth-order valence-corrected chi connectivity index (χ4v) is 1.39. The lowest BCUT2D eigenvalue weighted by molar-refractivity contribution is 0.300.